The molecule has 9 nitrogen and oxygen atoms in total. The number of esters is 1. The Morgan fingerprint density at radius 2 is 1.94 bits per heavy atom. The molecule has 1 aliphatic heterocycles. The van der Waals surface area contributed by atoms with Crippen molar-refractivity contribution in [3.63, 3.8) is 0 Å². The largest absolute Gasteiger partial charge is 0.591 e. The van der Waals surface area contributed by atoms with E-state index in [1.54, 1.807) is 26.8 Å². The van der Waals surface area contributed by atoms with E-state index in [4.69, 9.17) is 14.5 Å². The molecule has 2 aromatic rings. The molecule has 0 amide bonds. The van der Waals surface area contributed by atoms with Crippen molar-refractivity contribution in [3.05, 3.63) is 39.8 Å². The third-order valence-electron chi connectivity index (χ3n) is 4.79. The molecule has 0 bridgehead atoms. The van der Waals surface area contributed by atoms with Crippen molar-refractivity contribution in [1.82, 2.24) is 9.38 Å². The van der Waals surface area contributed by atoms with Gasteiger partial charge in [0.2, 0.25) is 0 Å². The third-order valence-corrected chi connectivity index (χ3v) is 6.28. The predicted octanol–water partition coefficient (Wildman–Crippen LogP) is 2.37. The fraction of sp³-hybridized carbons (Fsp3) is 0.545. The van der Waals surface area contributed by atoms with E-state index in [-0.39, 0.29) is 17.2 Å². The molecule has 0 aliphatic carbocycles. The van der Waals surface area contributed by atoms with E-state index in [2.05, 4.69) is 4.40 Å². The molecule has 1 atom stereocenters. The summed E-state index contributed by atoms with van der Waals surface area (Å²) in [6.45, 7) is 13.0. The average Bonchev–Trinajstić information content (AvgIpc) is 2.72. The number of ether oxygens (including phenoxy) is 2. The minimum Gasteiger partial charge on any atom is -0.591 e. The Morgan fingerprint density at radius 3 is 2.53 bits per heavy atom. The zero-order chi connectivity index (χ0) is 23.6. The zero-order valence-corrected chi connectivity index (χ0v) is 20.2. The van der Waals surface area contributed by atoms with Crippen LogP contribution >= 0.6 is 0 Å². The number of morpholine rings is 1. The first kappa shape index (κ1) is 24.2. The van der Waals surface area contributed by atoms with E-state index >= 15 is 0 Å². The van der Waals surface area contributed by atoms with Gasteiger partial charge in [0.05, 0.1) is 30.6 Å². The van der Waals surface area contributed by atoms with Crippen molar-refractivity contribution >= 4 is 34.5 Å². The first-order chi connectivity index (χ1) is 15.0. The molecule has 0 N–H and O–H groups in total. The van der Waals surface area contributed by atoms with Gasteiger partial charge in [-0.15, -0.1) is 0 Å². The van der Waals surface area contributed by atoms with E-state index in [0.717, 1.165) is 0 Å². The van der Waals surface area contributed by atoms with Crippen LogP contribution < -0.4 is 10.5 Å². The number of hydrogen-bond acceptors (Lipinski definition) is 8. The fourth-order valence-electron chi connectivity index (χ4n) is 3.12. The number of carbonyl (C=O) groups is 1. The van der Waals surface area contributed by atoms with Crippen molar-refractivity contribution in [2.24, 2.45) is 4.40 Å². The summed E-state index contributed by atoms with van der Waals surface area (Å²) >= 11 is -1.52. The lowest BCUT2D eigenvalue weighted by Gasteiger charge is -2.28. The van der Waals surface area contributed by atoms with E-state index in [9.17, 15) is 14.1 Å². The molecule has 0 radical (unpaired) electrons. The van der Waals surface area contributed by atoms with Gasteiger partial charge < -0.3 is 18.9 Å². The number of carbonyl (C=O) groups excluding carboxylic acids is 1. The Hall–Kier alpha value is -2.43. The van der Waals surface area contributed by atoms with Gasteiger partial charge in [-0.1, -0.05) is 4.40 Å². The van der Waals surface area contributed by atoms with Crippen molar-refractivity contribution in [2.75, 3.05) is 31.2 Å². The summed E-state index contributed by atoms with van der Waals surface area (Å²) in [5.41, 5.74) is 1.07. The summed E-state index contributed by atoms with van der Waals surface area (Å²) in [6, 6.07) is 3.04. The maximum atomic E-state index is 13.0. The molecule has 174 valence electrons. The molecule has 1 aliphatic rings. The Kier molecular flexibility index (Phi) is 7.26. The molecule has 10 heteroatoms. The standard InChI is InChI=1S/C22H30N4O5S/c1-14(2)31-21(28)16-11-17(15(3)24-32(29)22(4,5)6)20-23-18(12-19(27)26(20)13-16)25-7-9-30-10-8-25/h11-14H,7-10H2,1-6H3/b24-15+. The number of pyridine rings is 1. The van der Waals surface area contributed by atoms with Crippen LogP contribution in [0, 0.1) is 0 Å². The molecular formula is C22H30N4O5S. The topological polar surface area (TPSA) is 109 Å². The fourth-order valence-corrected chi connectivity index (χ4v) is 3.74. The van der Waals surface area contributed by atoms with Crippen LogP contribution in [0.2, 0.25) is 0 Å². The number of rotatable bonds is 5. The third kappa shape index (κ3) is 5.48. The summed E-state index contributed by atoms with van der Waals surface area (Å²) in [4.78, 5) is 32.3. The van der Waals surface area contributed by atoms with Gasteiger partial charge in [-0.3, -0.25) is 9.20 Å². The normalized spacial score (nSPS) is 16.5. The lowest BCUT2D eigenvalue weighted by atomic mass is 10.1. The summed E-state index contributed by atoms with van der Waals surface area (Å²) in [5.74, 6) is -0.0288. The minimum atomic E-state index is -1.52. The summed E-state index contributed by atoms with van der Waals surface area (Å²) in [5, 5.41) is 0. The number of anilines is 1. The molecule has 0 spiro atoms. The highest BCUT2D eigenvalue weighted by atomic mass is 32.2. The van der Waals surface area contributed by atoms with Gasteiger partial charge in [0.1, 0.15) is 21.9 Å². The maximum Gasteiger partial charge on any atom is 0.339 e. The van der Waals surface area contributed by atoms with Crippen LogP contribution in [-0.4, -0.2) is 62.8 Å². The van der Waals surface area contributed by atoms with Crippen LogP contribution in [0.25, 0.3) is 5.65 Å². The van der Waals surface area contributed by atoms with Gasteiger partial charge >= 0.3 is 5.97 Å². The number of fused-ring (bicyclic) bond motifs is 1. The summed E-state index contributed by atoms with van der Waals surface area (Å²) in [7, 11) is 0. The van der Waals surface area contributed by atoms with Gasteiger partial charge in [0, 0.05) is 30.9 Å². The average molecular weight is 463 g/mol. The molecule has 0 aromatic carbocycles. The summed E-state index contributed by atoms with van der Waals surface area (Å²) < 4.78 is 28.5. The molecular weight excluding hydrogens is 432 g/mol. The number of nitrogens with zero attached hydrogens (tertiary/aromatic N) is 4. The highest BCUT2D eigenvalue weighted by Gasteiger charge is 2.28. The Morgan fingerprint density at radius 1 is 1.28 bits per heavy atom. The molecule has 3 heterocycles. The quantitative estimate of drug-likeness (QED) is 0.381. The molecule has 3 rings (SSSR count). The van der Waals surface area contributed by atoms with Gasteiger partial charge in [-0.05, 0) is 47.6 Å². The van der Waals surface area contributed by atoms with Crippen molar-refractivity contribution < 1.29 is 18.8 Å². The maximum absolute atomic E-state index is 13.0. The van der Waals surface area contributed by atoms with Crippen LogP contribution in [0.1, 0.15) is 57.5 Å². The van der Waals surface area contributed by atoms with Gasteiger partial charge in [-0.25, -0.2) is 9.78 Å². The second kappa shape index (κ2) is 9.60. The molecule has 1 fully saturated rings. The highest BCUT2D eigenvalue weighted by Crippen LogP contribution is 2.22. The first-order valence-electron chi connectivity index (χ1n) is 10.6. The predicted molar refractivity (Wildman–Crippen MR) is 125 cm³/mol. The van der Waals surface area contributed by atoms with Crippen molar-refractivity contribution in [3.8, 4) is 0 Å². The second-order valence-electron chi connectivity index (χ2n) is 8.88. The van der Waals surface area contributed by atoms with Crippen LogP contribution in [-0.2, 0) is 20.8 Å². The Labute approximate surface area is 190 Å². The van der Waals surface area contributed by atoms with Crippen LogP contribution in [0.5, 0.6) is 0 Å². The number of aromatic nitrogens is 2. The molecule has 2 aromatic heterocycles. The zero-order valence-electron chi connectivity index (χ0n) is 19.4. The Balaban J connectivity index is 2.21. The SMILES string of the molecule is C/C(=N\[S+]([O-])C(C)(C)C)c1cc(C(=O)OC(C)C)cn2c(=O)cc(N3CCOCC3)nc12. The molecule has 0 saturated carbocycles. The van der Waals surface area contributed by atoms with Crippen LogP contribution in [0.15, 0.2) is 27.5 Å². The first-order valence-corrected chi connectivity index (χ1v) is 11.7. The van der Waals surface area contributed by atoms with Gasteiger partial charge in [0.15, 0.2) is 5.65 Å². The molecule has 1 saturated heterocycles. The molecule has 32 heavy (non-hydrogen) atoms. The van der Waals surface area contributed by atoms with Crippen LogP contribution in [0.3, 0.4) is 0 Å². The lowest BCUT2D eigenvalue weighted by molar-refractivity contribution is 0.0377. The summed E-state index contributed by atoms with van der Waals surface area (Å²) in [6.07, 6.45) is 1.11. The van der Waals surface area contributed by atoms with E-state index in [1.807, 2.05) is 25.7 Å². The van der Waals surface area contributed by atoms with E-state index < -0.39 is 22.1 Å². The monoisotopic (exact) mass is 462 g/mol. The smallest absolute Gasteiger partial charge is 0.339 e. The van der Waals surface area contributed by atoms with Crippen molar-refractivity contribution in [1.29, 1.82) is 0 Å². The highest BCUT2D eigenvalue weighted by molar-refractivity contribution is 7.91. The van der Waals surface area contributed by atoms with Gasteiger partial charge in [-0.2, -0.15) is 0 Å². The lowest BCUT2D eigenvalue weighted by Crippen LogP contribution is -2.37. The van der Waals surface area contributed by atoms with E-state index in [0.29, 0.717) is 49.0 Å². The minimum absolute atomic E-state index is 0.195. The van der Waals surface area contributed by atoms with Crippen molar-refractivity contribution in [2.45, 2.75) is 52.4 Å². The number of hydrogen-bond donors (Lipinski definition) is 0. The van der Waals surface area contributed by atoms with E-state index in [1.165, 1.54) is 16.7 Å². The van der Waals surface area contributed by atoms with Gasteiger partial charge in [0.25, 0.3) is 5.56 Å². The van der Waals surface area contributed by atoms with Crippen LogP contribution in [0.4, 0.5) is 5.82 Å². The second-order valence-corrected chi connectivity index (χ2v) is 10.8. The molecule has 1 unspecified atom stereocenters. The Bertz CT molecular complexity index is 1080.